The van der Waals surface area contributed by atoms with Crippen LogP contribution in [0.1, 0.15) is 36.0 Å². The minimum atomic E-state index is -0.0377. The van der Waals surface area contributed by atoms with E-state index in [0.717, 1.165) is 30.2 Å². The van der Waals surface area contributed by atoms with Crippen LogP contribution in [-0.2, 0) is 0 Å². The lowest BCUT2D eigenvalue weighted by Crippen LogP contribution is -2.39. The topological polar surface area (TPSA) is 73.3 Å². The fraction of sp³-hybridized carbons (Fsp3) is 0.389. The Morgan fingerprint density at radius 2 is 1.96 bits per heavy atom. The number of aromatic nitrogens is 2. The molecule has 0 bridgehead atoms. The molecule has 1 aromatic heterocycles. The molecule has 2 aromatic rings. The summed E-state index contributed by atoms with van der Waals surface area (Å²) in [5, 5.41) is 3.10. The van der Waals surface area contributed by atoms with E-state index in [1.165, 1.54) is 0 Å². The second kappa shape index (κ2) is 8.29. The van der Waals surface area contributed by atoms with Crippen molar-refractivity contribution < 1.29 is 14.3 Å². The van der Waals surface area contributed by atoms with Gasteiger partial charge in [-0.3, -0.25) is 9.78 Å². The number of hydrogen-bond acceptors (Lipinski definition) is 5. The van der Waals surface area contributed by atoms with Crippen molar-refractivity contribution in [3.63, 3.8) is 0 Å². The van der Waals surface area contributed by atoms with E-state index in [0.29, 0.717) is 17.3 Å². The van der Waals surface area contributed by atoms with E-state index in [9.17, 15) is 4.79 Å². The zero-order valence-electron chi connectivity index (χ0n) is 13.9. The first-order valence-corrected chi connectivity index (χ1v) is 9.02. The Hall–Kier alpha value is -2.15. The molecule has 1 aliphatic rings. The normalized spacial score (nSPS) is 19.9. The molecule has 132 valence electrons. The highest BCUT2D eigenvalue weighted by Gasteiger charge is 2.24. The number of rotatable bonds is 5. The first-order valence-electron chi connectivity index (χ1n) is 8.23. The lowest BCUT2D eigenvalue weighted by atomic mass is 9.92. The molecule has 1 fully saturated rings. The molecule has 3 rings (SSSR count). The summed E-state index contributed by atoms with van der Waals surface area (Å²) in [4.78, 5) is 20.6. The van der Waals surface area contributed by atoms with Crippen molar-refractivity contribution in [3.8, 4) is 11.8 Å². The minimum absolute atomic E-state index is 0.0377. The minimum Gasteiger partial charge on any atom is -0.480 e. The van der Waals surface area contributed by atoms with Gasteiger partial charge in [-0.25, -0.2) is 0 Å². The highest BCUT2D eigenvalue weighted by Crippen LogP contribution is 2.24. The zero-order valence-corrected chi connectivity index (χ0v) is 15.5. The van der Waals surface area contributed by atoms with Crippen molar-refractivity contribution in [2.24, 2.45) is 0 Å². The van der Waals surface area contributed by atoms with Crippen molar-refractivity contribution in [3.05, 3.63) is 46.7 Å². The number of benzene rings is 1. The van der Waals surface area contributed by atoms with Crippen LogP contribution in [0.15, 0.2) is 41.1 Å². The second-order valence-corrected chi connectivity index (χ2v) is 6.89. The molecule has 1 amide bonds. The summed E-state index contributed by atoms with van der Waals surface area (Å²) in [5.74, 6) is 0.873. The van der Waals surface area contributed by atoms with Gasteiger partial charge in [-0.05, 0) is 43.9 Å². The van der Waals surface area contributed by atoms with Gasteiger partial charge in [0, 0.05) is 16.1 Å². The van der Waals surface area contributed by atoms with Gasteiger partial charge in [0.05, 0.1) is 19.5 Å². The lowest BCUT2D eigenvalue weighted by molar-refractivity contribution is 0.0889. The number of carbonyl (C=O) groups is 1. The van der Waals surface area contributed by atoms with Crippen LogP contribution in [0.25, 0.3) is 0 Å². The molecule has 25 heavy (non-hydrogen) atoms. The Balaban J connectivity index is 1.49. The molecule has 0 aliphatic heterocycles. The van der Waals surface area contributed by atoms with Gasteiger partial charge in [-0.2, -0.15) is 4.98 Å². The van der Waals surface area contributed by atoms with Crippen LogP contribution in [0, 0.1) is 0 Å². The third-order valence-corrected chi connectivity index (χ3v) is 4.68. The first kappa shape index (κ1) is 17.7. The largest absolute Gasteiger partial charge is 0.480 e. The molecule has 1 aromatic carbocycles. The molecule has 1 saturated carbocycles. The molecule has 0 radical (unpaired) electrons. The van der Waals surface area contributed by atoms with Gasteiger partial charge in [-0.1, -0.05) is 22.0 Å². The maximum atomic E-state index is 12.3. The highest BCUT2D eigenvalue weighted by atomic mass is 79.9. The van der Waals surface area contributed by atoms with Gasteiger partial charge in [0.15, 0.2) is 0 Å². The van der Waals surface area contributed by atoms with Crippen LogP contribution >= 0.6 is 15.9 Å². The Morgan fingerprint density at radius 1 is 1.20 bits per heavy atom. The van der Waals surface area contributed by atoms with Gasteiger partial charge >= 0.3 is 0 Å². The summed E-state index contributed by atoms with van der Waals surface area (Å²) >= 11 is 3.39. The molecular formula is C18H20BrN3O3. The van der Waals surface area contributed by atoms with E-state index in [-0.39, 0.29) is 18.1 Å². The number of nitrogens with zero attached hydrogens (tertiary/aromatic N) is 2. The molecule has 1 N–H and O–H groups in total. The van der Waals surface area contributed by atoms with E-state index >= 15 is 0 Å². The Kier molecular flexibility index (Phi) is 5.86. The van der Waals surface area contributed by atoms with E-state index in [4.69, 9.17) is 9.47 Å². The molecule has 0 unspecified atom stereocenters. The lowest BCUT2D eigenvalue weighted by Gasteiger charge is -2.29. The van der Waals surface area contributed by atoms with Crippen LogP contribution in [0.2, 0.25) is 0 Å². The fourth-order valence-electron chi connectivity index (χ4n) is 2.88. The van der Waals surface area contributed by atoms with Crippen molar-refractivity contribution >= 4 is 21.8 Å². The summed E-state index contributed by atoms with van der Waals surface area (Å²) in [6.07, 6.45) is 6.69. The summed E-state index contributed by atoms with van der Waals surface area (Å²) in [5.41, 5.74) is 0.666. The molecule has 1 aliphatic carbocycles. The number of hydrogen-bond donors (Lipinski definition) is 1. The average Bonchev–Trinajstić information content (AvgIpc) is 2.63. The quantitative estimate of drug-likeness (QED) is 0.825. The predicted octanol–water partition coefficient (Wildman–Crippen LogP) is 3.37. The number of ether oxygens (including phenoxy) is 2. The molecule has 6 nitrogen and oxygen atoms in total. The first-order chi connectivity index (χ1) is 12.1. The number of nitrogens with one attached hydrogen (secondary N) is 1. The van der Waals surface area contributed by atoms with Crippen molar-refractivity contribution in [1.82, 2.24) is 15.3 Å². The molecule has 7 heteroatoms. The zero-order chi connectivity index (χ0) is 17.6. The summed E-state index contributed by atoms with van der Waals surface area (Å²) in [6.45, 7) is 0. The van der Waals surface area contributed by atoms with Gasteiger partial charge in [0.1, 0.15) is 6.10 Å². The Labute approximate surface area is 155 Å². The van der Waals surface area contributed by atoms with Crippen LogP contribution in [-0.4, -0.2) is 35.1 Å². The third kappa shape index (κ3) is 4.92. The standard InChI is InChI=1S/C18H20BrN3O3/c1-24-16-10-20-11-17(22-16)25-15-7-5-14(6-8-15)21-18(23)12-3-2-4-13(19)9-12/h2-4,9-11,14-15H,5-8H2,1H3,(H,21,23). The molecule has 0 spiro atoms. The third-order valence-electron chi connectivity index (χ3n) is 4.18. The number of methoxy groups -OCH3 is 1. The van der Waals surface area contributed by atoms with Crippen molar-refractivity contribution in [2.45, 2.75) is 37.8 Å². The van der Waals surface area contributed by atoms with Crippen LogP contribution in [0.4, 0.5) is 0 Å². The maximum Gasteiger partial charge on any atom is 0.251 e. The van der Waals surface area contributed by atoms with E-state index in [1.54, 1.807) is 19.5 Å². The fourth-order valence-corrected chi connectivity index (χ4v) is 3.28. The summed E-state index contributed by atoms with van der Waals surface area (Å²) < 4.78 is 11.8. The SMILES string of the molecule is COc1cncc(OC2CCC(NC(=O)c3cccc(Br)c3)CC2)n1. The molecular weight excluding hydrogens is 386 g/mol. The van der Waals surface area contributed by atoms with Crippen LogP contribution in [0.5, 0.6) is 11.8 Å². The predicted molar refractivity (Wildman–Crippen MR) is 96.9 cm³/mol. The van der Waals surface area contributed by atoms with Gasteiger partial charge < -0.3 is 14.8 Å². The van der Waals surface area contributed by atoms with Crippen molar-refractivity contribution in [2.75, 3.05) is 7.11 Å². The number of halogens is 1. The van der Waals surface area contributed by atoms with Crippen LogP contribution in [0.3, 0.4) is 0 Å². The number of carbonyl (C=O) groups excluding carboxylic acids is 1. The highest BCUT2D eigenvalue weighted by molar-refractivity contribution is 9.10. The van der Waals surface area contributed by atoms with Gasteiger partial charge in [-0.15, -0.1) is 0 Å². The Bertz CT molecular complexity index is 733. The van der Waals surface area contributed by atoms with Crippen LogP contribution < -0.4 is 14.8 Å². The van der Waals surface area contributed by atoms with Crippen molar-refractivity contribution in [1.29, 1.82) is 0 Å². The second-order valence-electron chi connectivity index (χ2n) is 5.97. The van der Waals surface area contributed by atoms with Gasteiger partial charge in [0.2, 0.25) is 11.8 Å². The van der Waals surface area contributed by atoms with E-state index in [1.807, 2.05) is 24.3 Å². The van der Waals surface area contributed by atoms with Gasteiger partial charge in [0.25, 0.3) is 5.91 Å². The van der Waals surface area contributed by atoms with E-state index in [2.05, 4.69) is 31.2 Å². The van der Waals surface area contributed by atoms with E-state index < -0.39 is 0 Å². The number of amides is 1. The molecule has 0 saturated heterocycles. The smallest absolute Gasteiger partial charge is 0.251 e. The summed E-state index contributed by atoms with van der Waals surface area (Å²) in [6, 6.07) is 7.57. The maximum absolute atomic E-state index is 12.3. The molecule has 0 atom stereocenters. The average molecular weight is 406 g/mol. The summed E-state index contributed by atoms with van der Waals surface area (Å²) in [7, 11) is 1.55. The monoisotopic (exact) mass is 405 g/mol. The molecule has 1 heterocycles. The Morgan fingerprint density at radius 3 is 2.68 bits per heavy atom.